The molecule has 24 heavy (non-hydrogen) atoms. The fraction of sp³-hybridized carbons (Fsp3) is 0.688. The van der Waals surface area contributed by atoms with Crippen LogP contribution < -0.4 is 11.4 Å². The second kappa shape index (κ2) is 8.53. The van der Waals surface area contributed by atoms with E-state index >= 15 is 0 Å². The molecule has 1 aromatic heterocycles. The summed E-state index contributed by atoms with van der Waals surface area (Å²) in [5.41, 5.74) is 5.13. The van der Waals surface area contributed by atoms with Gasteiger partial charge in [-0.05, 0) is 30.9 Å². The zero-order valence-electron chi connectivity index (χ0n) is 14.3. The first-order chi connectivity index (χ1) is 11.4. The van der Waals surface area contributed by atoms with E-state index in [1.54, 1.807) is 37.9 Å². The summed E-state index contributed by atoms with van der Waals surface area (Å²) >= 11 is 1.75. The molecule has 2 N–H and O–H groups in total. The molecule has 2 heterocycles. The summed E-state index contributed by atoms with van der Waals surface area (Å²) in [6.07, 6.45) is 4.70. The summed E-state index contributed by atoms with van der Waals surface area (Å²) in [5.74, 6) is 0.924. The zero-order chi connectivity index (χ0) is 17.7. The molecule has 0 spiro atoms. The number of carbonyl (C=O) groups is 1. The largest absolute Gasteiger partial charge is 0.463 e. The van der Waals surface area contributed by atoms with Crippen LogP contribution in [0.4, 0.5) is 5.82 Å². The summed E-state index contributed by atoms with van der Waals surface area (Å²) in [6.45, 7) is 3.80. The summed E-state index contributed by atoms with van der Waals surface area (Å²) in [6, 6.07) is 1.59. The molecule has 0 aliphatic carbocycles. The molecule has 8 heteroatoms. The predicted molar refractivity (Wildman–Crippen MR) is 93.7 cm³/mol. The first kappa shape index (κ1) is 18.8. The standard InChI is InChI=1S/C16H25N3O4S/c1-10(2)15(20)22-9-12-8-11(5-7-24-3)14(23-12)19-6-4-13(17)18-16(19)21/h4,6,10-12,14H,5,7-9H2,1-3H3,(H2,17,18,21). The van der Waals surface area contributed by atoms with Crippen molar-refractivity contribution < 1.29 is 14.3 Å². The van der Waals surface area contributed by atoms with E-state index in [-0.39, 0.29) is 36.3 Å². The molecule has 0 saturated carbocycles. The van der Waals surface area contributed by atoms with Gasteiger partial charge < -0.3 is 15.2 Å². The second-order valence-electron chi connectivity index (χ2n) is 6.25. The van der Waals surface area contributed by atoms with Gasteiger partial charge in [-0.15, -0.1) is 0 Å². The first-order valence-electron chi connectivity index (χ1n) is 8.08. The summed E-state index contributed by atoms with van der Waals surface area (Å²) in [7, 11) is 0. The number of nitrogens with zero attached hydrogens (tertiary/aromatic N) is 2. The smallest absolute Gasteiger partial charge is 0.351 e. The SMILES string of the molecule is CSCCC1CC(COC(=O)C(C)C)OC1n1ccc(N)nc1=O. The van der Waals surface area contributed by atoms with E-state index in [0.29, 0.717) is 0 Å². The van der Waals surface area contributed by atoms with Gasteiger partial charge in [0.2, 0.25) is 0 Å². The zero-order valence-corrected chi connectivity index (χ0v) is 15.1. The average Bonchev–Trinajstić information content (AvgIpc) is 2.93. The molecule has 134 valence electrons. The molecule has 1 saturated heterocycles. The van der Waals surface area contributed by atoms with Crippen molar-refractivity contribution in [2.45, 2.75) is 39.0 Å². The fourth-order valence-electron chi connectivity index (χ4n) is 2.71. The molecule has 3 atom stereocenters. The average molecular weight is 355 g/mol. The van der Waals surface area contributed by atoms with Crippen molar-refractivity contribution in [1.82, 2.24) is 9.55 Å². The number of rotatable bonds is 7. The Hall–Kier alpha value is -1.54. The quantitative estimate of drug-likeness (QED) is 0.743. The van der Waals surface area contributed by atoms with Gasteiger partial charge in [0.25, 0.3) is 0 Å². The molecule has 0 aromatic carbocycles. The predicted octanol–water partition coefficient (Wildman–Crippen LogP) is 1.68. The van der Waals surface area contributed by atoms with Crippen molar-refractivity contribution in [2.24, 2.45) is 11.8 Å². The normalized spacial score (nSPS) is 23.6. The Balaban J connectivity index is 2.09. The lowest BCUT2D eigenvalue weighted by molar-refractivity contribution is -0.152. The van der Waals surface area contributed by atoms with E-state index < -0.39 is 11.9 Å². The number of esters is 1. The van der Waals surface area contributed by atoms with Crippen molar-refractivity contribution in [3.63, 3.8) is 0 Å². The van der Waals surface area contributed by atoms with E-state index in [4.69, 9.17) is 15.2 Å². The van der Waals surface area contributed by atoms with E-state index in [0.717, 1.165) is 18.6 Å². The van der Waals surface area contributed by atoms with Gasteiger partial charge in [-0.3, -0.25) is 9.36 Å². The molecule has 0 radical (unpaired) electrons. The Morgan fingerprint density at radius 2 is 2.33 bits per heavy atom. The third-order valence-corrected chi connectivity index (χ3v) is 4.65. The Morgan fingerprint density at radius 1 is 1.58 bits per heavy atom. The van der Waals surface area contributed by atoms with Crippen LogP contribution in [0.2, 0.25) is 0 Å². The van der Waals surface area contributed by atoms with E-state index in [9.17, 15) is 9.59 Å². The van der Waals surface area contributed by atoms with Gasteiger partial charge in [0.1, 0.15) is 18.7 Å². The minimum absolute atomic E-state index is 0.168. The van der Waals surface area contributed by atoms with Crippen LogP contribution in [0.25, 0.3) is 0 Å². The maximum absolute atomic E-state index is 12.1. The Morgan fingerprint density at radius 3 is 2.96 bits per heavy atom. The van der Waals surface area contributed by atoms with Crippen LogP contribution in [0, 0.1) is 11.8 Å². The molecule has 1 aromatic rings. The number of hydrogen-bond donors (Lipinski definition) is 1. The number of ether oxygens (including phenoxy) is 2. The lowest BCUT2D eigenvalue weighted by Crippen LogP contribution is -2.30. The van der Waals surface area contributed by atoms with E-state index in [1.165, 1.54) is 4.57 Å². The maximum Gasteiger partial charge on any atom is 0.351 e. The highest BCUT2D eigenvalue weighted by Crippen LogP contribution is 2.36. The number of nitrogen functional groups attached to an aromatic ring is 1. The molecule has 1 aliphatic heterocycles. The van der Waals surface area contributed by atoms with Gasteiger partial charge in [0.15, 0.2) is 0 Å². The number of aromatic nitrogens is 2. The molecular formula is C16H25N3O4S. The van der Waals surface area contributed by atoms with Gasteiger partial charge in [-0.2, -0.15) is 16.7 Å². The third kappa shape index (κ3) is 4.73. The lowest BCUT2D eigenvalue weighted by atomic mass is 10.0. The maximum atomic E-state index is 12.1. The molecule has 0 amide bonds. The van der Waals surface area contributed by atoms with Crippen molar-refractivity contribution in [3.8, 4) is 0 Å². The summed E-state index contributed by atoms with van der Waals surface area (Å²) in [4.78, 5) is 27.5. The van der Waals surface area contributed by atoms with Crippen LogP contribution in [0.15, 0.2) is 17.1 Å². The molecular weight excluding hydrogens is 330 g/mol. The monoisotopic (exact) mass is 355 g/mol. The fourth-order valence-corrected chi connectivity index (χ4v) is 3.25. The Labute approximate surface area is 145 Å². The van der Waals surface area contributed by atoms with Crippen LogP contribution >= 0.6 is 11.8 Å². The first-order valence-corrected chi connectivity index (χ1v) is 9.47. The van der Waals surface area contributed by atoms with Crippen LogP contribution in [0.5, 0.6) is 0 Å². The van der Waals surface area contributed by atoms with E-state index in [1.807, 2.05) is 6.26 Å². The van der Waals surface area contributed by atoms with Crippen LogP contribution in [0.1, 0.15) is 32.9 Å². The van der Waals surface area contributed by atoms with Crippen LogP contribution in [-0.4, -0.2) is 40.2 Å². The van der Waals surface area contributed by atoms with Gasteiger partial charge in [-0.25, -0.2) is 4.79 Å². The molecule has 3 unspecified atom stereocenters. The number of hydrogen-bond acceptors (Lipinski definition) is 7. The van der Waals surface area contributed by atoms with Gasteiger partial charge in [-0.1, -0.05) is 13.8 Å². The van der Waals surface area contributed by atoms with Crippen molar-refractivity contribution in [3.05, 3.63) is 22.7 Å². The van der Waals surface area contributed by atoms with Gasteiger partial charge >= 0.3 is 11.7 Å². The molecule has 7 nitrogen and oxygen atoms in total. The molecule has 2 rings (SSSR count). The highest BCUT2D eigenvalue weighted by molar-refractivity contribution is 7.98. The lowest BCUT2D eigenvalue weighted by Gasteiger charge is -2.20. The highest BCUT2D eigenvalue weighted by atomic mass is 32.2. The summed E-state index contributed by atoms with van der Waals surface area (Å²) in [5, 5.41) is 0. The third-order valence-electron chi connectivity index (χ3n) is 4.00. The molecule has 0 bridgehead atoms. The number of nitrogens with two attached hydrogens (primary N) is 1. The highest BCUT2D eigenvalue weighted by Gasteiger charge is 2.37. The van der Waals surface area contributed by atoms with Crippen molar-refractivity contribution in [2.75, 3.05) is 24.3 Å². The van der Waals surface area contributed by atoms with Crippen molar-refractivity contribution in [1.29, 1.82) is 0 Å². The Bertz CT molecular complexity index is 620. The van der Waals surface area contributed by atoms with Crippen LogP contribution in [0.3, 0.4) is 0 Å². The molecule has 1 aliphatic rings. The Kier molecular flexibility index (Phi) is 6.68. The molecule has 1 fully saturated rings. The number of thioether (sulfide) groups is 1. The topological polar surface area (TPSA) is 96.4 Å². The second-order valence-corrected chi connectivity index (χ2v) is 7.24. The number of carbonyl (C=O) groups excluding carboxylic acids is 1. The van der Waals surface area contributed by atoms with E-state index in [2.05, 4.69) is 4.98 Å². The minimum Gasteiger partial charge on any atom is -0.463 e. The van der Waals surface area contributed by atoms with Crippen molar-refractivity contribution >= 4 is 23.5 Å². The van der Waals surface area contributed by atoms with Gasteiger partial charge in [0.05, 0.1) is 12.0 Å². The van der Waals surface area contributed by atoms with Gasteiger partial charge in [0, 0.05) is 12.1 Å². The minimum atomic E-state index is -0.422. The van der Waals surface area contributed by atoms with Crippen LogP contribution in [-0.2, 0) is 14.3 Å². The summed E-state index contributed by atoms with van der Waals surface area (Å²) < 4.78 is 12.8. The number of anilines is 1.